The Balaban J connectivity index is 1.28. The van der Waals surface area contributed by atoms with Gasteiger partial charge in [0.15, 0.2) is 16.3 Å². The molecule has 1 aromatic heterocycles. The van der Waals surface area contributed by atoms with Crippen LogP contribution in [0.15, 0.2) is 30.3 Å². The average molecular weight is 360 g/mol. The monoisotopic (exact) mass is 360 g/mol. The number of anilines is 1. The number of ether oxygens (including phenoxy) is 2. The highest BCUT2D eigenvalue weighted by Crippen LogP contribution is 2.30. The van der Waals surface area contributed by atoms with Gasteiger partial charge in [-0.1, -0.05) is 12.1 Å². The molecule has 2 heterocycles. The number of hydrogen-bond acceptors (Lipinski definition) is 6. The smallest absolute Gasteiger partial charge is 0.198 e. The average Bonchev–Trinajstić information content (AvgIpc) is 2.60. The van der Waals surface area contributed by atoms with E-state index in [9.17, 15) is 0 Å². The van der Waals surface area contributed by atoms with Gasteiger partial charge in [0.05, 0.1) is 0 Å². The normalized spacial score (nSPS) is 15.8. The third kappa shape index (κ3) is 5.44. The largest absolute Gasteiger partial charge is 0.486 e. The van der Waals surface area contributed by atoms with Gasteiger partial charge in [0.25, 0.3) is 0 Å². The van der Waals surface area contributed by atoms with Gasteiger partial charge in [-0.2, -0.15) is 0 Å². The molecular formula is C18H24N4O2S. The molecular weight excluding hydrogens is 336 g/mol. The molecule has 0 bridgehead atoms. The first-order valence-corrected chi connectivity index (χ1v) is 9.02. The van der Waals surface area contributed by atoms with Crippen molar-refractivity contribution in [2.24, 2.45) is 0 Å². The number of aromatic nitrogens is 2. The Labute approximate surface area is 153 Å². The summed E-state index contributed by atoms with van der Waals surface area (Å²) in [5, 5.41) is 6.74. The minimum atomic E-state index is 0.0613. The van der Waals surface area contributed by atoms with Crippen LogP contribution >= 0.6 is 12.2 Å². The van der Waals surface area contributed by atoms with Crippen LogP contribution in [0.5, 0.6) is 11.5 Å². The molecule has 1 aliphatic heterocycles. The van der Waals surface area contributed by atoms with Gasteiger partial charge in [0.1, 0.15) is 18.5 Å². The summed E-state index contributed by atoms with van der Waals surface area (Å²) in [6, 6.07) is 9.75. The van der Waals surface area contributed by atoms with E-state index in [0.29, 0.717) is 11.4 Å². The number of H-pyrrole nitrogens is 1. The third-order valence-corrected chi connectivity index (χ3v) is 4.10. The summed E-state index contributed by atoms with van der Waals surface area (Å²) in [5.41, 5.74) is 1.01. The maximum Gasteiger partial charge on any atom is 0.198 e. The Morgan fingerprint density at radius 3 is 2.88 bits per heavy atom. The molecule has 0 amide bonds. The molecule has 3 rings (SSSR count). The Bertz CT molecular complexity index is 750. The lowest BCUT2D eigenvalue weighted by Crippen LogP contribution is -2.38. The molecule has 0 unspecified atom stereocenters. The zero-order valence-corrected chi connectivity index (χ0v) is 15.2. The van der Waals surface area contributed by atoms with Crippen LogP contribution < -0.4 is 20.1 Å². The second-order valence-electron chi connectivity index (χ2n) is 6.09. The molecule has 3 N–H and O–H groups in total. The van der Waals surface area contributed by atoms with Crippen LogP contribution in [-0.4, -0.2) is 42.3 Å². The van der Waals surface area contributed by atoms with Crippen molar-refractivity contribution in [3.05, 3.63) is 40.8 Å². The quantitative estimate of drug-likeness (QED) is 0.496. The minimum Gasteiger partial charge on any atom is -0.486 e. The van der Waals surface area contributed by atoms with Gasteiger partial charge in [-0.05, 0) is 56.7 Å². The Hall–Kier alpha value is -2.12. The van der Waals surface area contributed by atoms with Crippen LogP contribution in [0.2, 0.25) is 0 Å². The van der Waals surface area contributed by atoms with E-state index in [-0.39, 0.29) is 6.10 Å². The topological polar surface area (TPSA) is 71.2 Å². The van der Waals surface area contributed by atoms with Gasteiger partial charge in [-0.25, -0.2) is 4.98 Å². The van der Waals surface area contributed by atoms with Crippen molar-refractivity contribution < 1.29 is 9.47 Å². The first-order chi connectivity index (χ1) is 12.2. The minimum absolute atomic E-state index is 0.0613. The van der Waals surface area contributed by atoms with Gasteiger partial charge in [-0.3, -0.25) is 0 Å². The van der Waals surface area contributed by atoms with E-state index in [1.807, 2.05) is 37.3 Å². The predicted molar refractivity (Wildman–Crippen MR) is 101 cm³/mol. The molecule has 6 nitrogen and oxygen atoms in total. The third-order valence-electron chi connectivity index (χ3n) is 3.91. The van der Waals surface area contributed by atoms with Crippen LogP contribution in [0.4, 0.5) is 5.82 Å². The van der Waals surface area contributed by atoms with Crippen molar-refractivity contribution in [2.45, 2.75) is 25.9 Å². The van der Waals surface area contributed by atoms with E-state index >= 15 is 0 Å². The lowest BCUT2D eigenvalue weighted by atomic mass is 10.2. The van der Waals surface area contributed by atoms with Gasteiger partial charge in [-0.15, -0.1) is 0 Å². The Kier molecular flexibility index (Phi) is 6.25. The van der Waals surface area contributed by atoms with Crippen LogP contribution in [0.3, 0.4) is 0 Å². The molecule has 1 aromatic carbocycles. The summed E-state index contributed by atoms with van der Waals surface area (Å²) in [6.07, 6.45) is 2.20. The lowest BCUT2D eigenvalue weighted by Gasteiger charge is -2.26. The van der Waals surface area contributed by atoms with E-state index < -0.39 is 0 Å². The summed E-state index contributed by atoms with van der Waals surface area (Å²) in [7, 11) is 0. The fourth-order valence-corrected chi connectivity index (χ4v) is 2.95. The summed E-state index contributed by atoms with van der Waals surface area (Å²) in [4.78, 5) is 7.25. The molecule has 1 aliphatic rings. The van der Waals surface area contributed by atoms with E-state index in [0.717, 1.165) is 55.5 Å². The highest BCUT2D eigenvalue weighted by molar-refractivity contribution is 7.71. The van der Waals surface area contributed by atoms with Crippen LogP contribution in [0.25, 0.3) is 0 Å². The van der Waals surface area contributed by atoms with Crippen molar-refractivity contribution in [3.63, 3.8) is 0 Å². The molecule has 25 heavy (non-hydrogen) atoms. The SMILES string of the molecule is Cc1cc(NCCCCNC[C@H]2COc3ccccc3O2)nc(=S)[nH]1. The van der Waals surface area contributed by atoms with Crippen molar-refractivity contribution in [1.29, 1.82) is 0 Å². The summed E-state index contributed by atoms with van der Waals surface area (Å²) in [5.74, 6) is 2.49. The Morgan fingerprint density at radius 1 is 1.24 bits per heavy atom. The van der Waals surface area contributed by atoms with Crippen molar-refractivity contribution in [3.8, 4) is 11.5 Å². The second-order valence-corrected chi connectivity index (χ2v) is 6.48. The number of unbranched alkanes of at least 4 members (excludes halogenated alkanes) is 1. The number of rotatable bonds is 8. The first-order valence-electron chi connectivity index (χ1n) is 8.62. The molecule has 0 saturated heterocycles. The highest BCUT2D eigenvalue weighted by Gasteiger charge is 2.19. The molecule has 134 valence electrons. The number of fused-ring (bicyclic) bond motifs is 1. The van der Waals surface area contributed by atoms with Crippen molar-refractivity contribution in [2.75, 3.05) is 31.6 Å². The van der Waals surface area contributed by atoms with E-state index in [2.05, 4.69) is 20.6 Å². The highest BCUT2D eigenvalue weighted by atomic mass is 32.1. The second kappa shape index (κ2) is 8.82. The molecule has 0 saturated carbocycles. The zero-order chi connectivity index (χ0) is 17.5. The predicted octanol–water partition coefficient (Wildman–Crippen LogP) is 3.07. The van der Waals surface area contributed by atoms with Crippen molar-refractivity contribution in [1.82, 2.24) is 15.3 Å². The molecule has 7 heteroatoms. The molecule has 0 radical (unpaired) electrons. The molecule has 0 spiro atoms. The summed E-state index contributed by atoms with van der Waals surface area (Å²) < 4.78 is 12.1. The van der Waals surface area contributed by atoms with Crippen LogP contribution in [0.1, 0.15) is 18.5 Å². The fraction of sp³-hybridized carbons (Fsp3) is 0.444. The molecule has 0 fully saturated rings. The number of nitrogens with one attached hydrogen (secondary N) is 3. The number of hydrogen-bond donors (Lipinski definition) is 3. The molecule has 0 aliphatic carbocycles. The molecule has 2 aromatic rings. The van der Waals surface area contributed by atoms with Gasteiger partial charge in [0.2, 0.25) is 0 Å². The first kappa shape index (κ1) is 17.7. The number of aromatic amines is 1. The van der Waals surface area contributed by atoms with E-state index in [1.54, 1.807) is 0 Å². The number of aryl methyl sites for hydroxylation is 1. The number of benzene rings is 1. The maximum atomic E-state index is 5.92. The summed E-state index contributed by atoms with van der Waals surface area (Å²) >= 11 is 5.07. The van der Waals surface area contributed by atoms with Gasteiger partial charge >= 0.3 is 0 Å². The number of para-hydroxylation sites is 2. The number of nitrogens with zero attached hydrogens (tertiary/aromatic N) is 1. The standard InChI is InChI=1S/C18H24N4O2S/c1-13-10-17(22-18(25)21-13)20-9-5-4-8-19-11-14-12-23-15-6-2-3-7-16(15)24-14/h2-3,6-7,10,14,19H,4-5,8-9,11-12H2,1H3,(H2,20,21,22,25)/t14-/m0/s1. The van der Waals surface area contributed by atoms with E-state index in [4.69, 9.17) is 21.7 Å². The van der Waals surface area contributed by atoms with E-state index in [1.165, 1.54) is 0 Å². The molecule has 1 atom stereocenters. The van der Waals surface area contributed by atoms with Gasteiger partial charge in [0, 0.05) is 18.8 Å². The fourth-order valence-electron chi connectivity index (χ4n) is 2.69. The summed E-state index contributed by atoms with van der Waals surface area (Å²) in [6.45, 7) is 5.18. The van der Waals surface area contributed by atoms with Crippen LogP contribution in [-0.2, 0) is 0 Å². The maximum absolute atomic E-state index is 5.92. The zero-order valence-electron chi connectivity index (χ0n) is 14.4. The Morgan fingerprint density at radius 2 is 2.04 bits per heavy atom. The van der Waals surface area contributed by atoms with Crippen LogP contribution in [0, 0.1) is 11.7 Å². The van der Waals surface area contributed by atoms with Crippen molar-refractivity contribution >= 4 is 18.0 Å². The van der Waals surface area contributed by atoms with Gasteiger partial charge < -0.3 is 25.1 Å². The lowest BCUT2D eigenvalue weighted by molar-refractivity contribution is 0.0905.